The van der Waals surface area contributed by atoms with Crippen LogP contribution >= 0.6 is 0 Å². The zero-order chi connectivity index (χ0) is 23.0. The molecule has 0 amide bonds. The largest absolute Gasteiger partial charge is 0.489 e. The molecular formula is C29H30O3. The normalized spacial score (nSPS) is 9.38. The van der Waals surface area contributed by atoms with Crippen molar-refractivity contribution in [3.63, 3.8) is 0 Å². The van der Waals surface area contributed by atoms with Crippen molar-refractivity contribution in [3.05, 3.63) is 89.5 Å². The van der Waals surface area contributed by atoms with Crippen molar-refractivity contribution in [1.29, 1.82) is 0 Å². The van der Waals surface area contributed by atoms with Crippen molar-refractivity contribution in [2.24, 2.45) is 0 Å². The van der Waals surface area contributed by atoms with Gasteiger partial charge in [0, 0.05) is 24.0 Å². The first-order chi connectivity index (χ1) is 15.8. The van der Waals surface area contributed by atoms with Crippen LogP contribution in [0.2, 0.25) is 0 Å². The lowest BCUT2D eigenvalue weighted by atomic mass is 9.99. The van der Waals surface area contributed by atoms with Crippen LogP contribution in [0, 0.1) is 23.7 Å². The molecule has 3 heteroatoms. The summed E-state index contributed by atoms with van der Waals surface area (Å²) in [5.41, 5.74) is 4.87. The smallest absolute Gasteiger partial charge is 0.119 e. The lowest BCUT2D eigenvalue weighted by Crippen LogP contribution is -1.94. The Kier molecular flexibility index (Phi) is 11.2. The fourth-order valence-electron chi connectivity index (χ4n) is 2.86. The van der Waals surface area contributed by atoms with Gasteiger partial charge in [-0.15, -0.1) is 0 Å². The number of aliphatic hydroxyl groups excluding tert-OH is 2. The number of ether oxygens (including phenoxy) is 1. The Hall–Kier alpha value is -3.50. The van der Waals surface area contributed by atoms with E-state index in [2.05, 4.69) is 23.7 Å². The molecule has 0 bridgehead atoms. The van der Waals surface area contributed by atoms with Crippen LogP contribution in [0.5, 0.6) is 5.75 Å². The predicted octanol–water partition coefficient (Wildman–Crippen LogP) is 5.43. The minimum atomic E-state index is 0.0420. The zero-order valence-electron chi connectivity index (χ0n) is 18.8. The monoisotopic (exact) mass is 426 g/mol. The molecule has 3 nitrogen and oxygen atoms in total. The van der Waals surface area contributed by atoms with E-state index in [0.717, 1.165) is 33.6 Å². The Morgan fingerprint density at radius 3 is 1.78 bits per heavy atom. The number of hydrogen-bond donors (Lipinski definition) is 2. The van der Waals surface area contributed by atoms with Gasteiger partial charge >= 0.3 is 0 Å². The minimum Gasteiger partial charge on any atom is -0.489 e. The van der Waals surface area contributed by atoms with Gasteiger partial charge in [0.1, 0.15) is 12.4 Å². The molecule has 0 aliphatic rings. The van der Waals surface area contributed by atoms with E-state index < -0.39 is 0 Å². The van der Waals surface area contributed by atoms with Crippen molar-refractivity contribution in [3.8, 4) is 40.6 Å². The van der Waals surface area contributed by atoms with Crippen LogP contribution in [0.1, 0.15) is 43.4 Å². The molecule has 0 saturated carbocycles. The van der Waals surface area contributed by atoms with Gasteiger partial charge in [-0.25, -0.2) is 0 Å². The van der Waals surface area contributed by atoms with Gasteiger partial charge in [-0.2, -0.15) is 0 Å². The van der Waals surface area contributed by atoms with Gasteiger partial charge in [-0.1, -0.05) is 80.0 Å². The van der Waals surface area contributed by atoms with Gasteiger partial charge in [0.05, 0.1) is 13.2 Å². The van der Waals surface area contributed by atoms with E-state index in [9.17, 15) is 0 Å². The molecule has 32 heavy (non-hydrogen) atoms. The summed E-state index contributed by atoms with van der Waals surface area (Å²) in [6.45, 7) is 4.61. The third-order valence-corrected chi connectivity index (χ3v) is 4.31. The van der Waals surface area contributed by atoms with Crippen LogP contribution in [-0.4, -0.2) is 23.4 Å². The summed E-state index contributed by atoms with van der Waals surface area (Å²) in [7, 11) is 0. The SMILES string of the molecule is CC.OCCC#Cc1cc(C#CCCO)cc(-c2ccc(OCc3ccccc3)cc2)c1. The number of benzene rings is 3. The molecule has 0 aliphatic heterocycles. The summed E-state index contributed by atoms with van der Waals surface area (Å²) in [4.78, 5) is 0. The van der Waals surface area contributed by atoms with Crippen LogP contribution in [-0.2, 0) is 6.61 Å². The Morgan fingerprint density at radius 1 is 0.688 bits per heavy atom. The maximum Gasteiger partial charge on any atom is 0.119 e. The van der Waals surface area contributed by atoms with Gasteiger partial charge in [0.25, 0.3) is 0 Å². The first kappa shape index (κ1) is 24.8. The lowest BCUT2D eigenvalue weighted by Gasteiger charge is -2.08. The molecule has 0 heterocycles. The van der Waals surface area contributed by atoms with Crippen molar-refractivity contribution in [1.82, 2.24) is 0 Å². The summed E-state index contributed by atoms with van der Waals surface area (Å²) in [6.07, 6.45) is 0.867. The highest BCUT2D eigenvalue weighted by atomic mass is 16.5. The van der Waals surface area contributed by atoms with Crippen LogP contribution in [0.3, 0.4) is 0 Å². The van der Waals surface area contributed by atoms with E-state index in [1.165, 1.54) is 0 Å². The molecule has 2 N–H and O–H groups in total. The van der Waals surface area contributed by atoms with Crippen molar-refractivity contribution < 1.29 is 14.9 Å². The first-order valence-corrected chi connectivity index (χ1v) is 10.9. The summed E-state index contributed by atoms with van der Waals surface area (Å²) < 4.78 is 5.87. The summed E-state index contributed by atoms with van der Waals surface area (Å²) in [5, 5.41) is 17.9. The Labute approximate surface area is 191 Å². The van der Waals surface area contributed by atoms with Crippen molar-refractivity contribution in [2.45, 2.75) is 33.3 Å². The van der Waals surface area contributed by atoms with Gasteiger partial charge in [-0.05, 0) is 47.0 Å². The summed E-state index contributed by atoms with van der Waals surface area (Å²) in [5.74, 6) is 12.9. The Morgan fingerprint density at radius 2 is 1.25 bits per heavy atom. The minimum absolute atomic E-state index is 0.0420. The molecule has 0 unspecified atom stereocenters. The molecule has 0 fully saturated rings. The maximum atomic E-state index is 8.96. The lowest BCUT2D eigenvalue weighted by molar-refractivity contribution is 0.304. The van der Waals surface area contributed by atoms with Gasteiger partial charge < -0.3 is 14.9 Å². The van der Waals surface area contributed by atoms with Gasteiger partial charge in [-0.3, -0.25) is 0 Å². The quantitative estimate of drug-likeness (QED) is 0.517. The van der Waals surface area contributed by atoms with Crippen LogP contribution in [0.25, 0.3) is 11.1 Å². The fraction of sp³-hybridized carbons (Fsp3) is 0.241. The second-order valence-electron chi connectivity index (χ2n) is 6.65. The standard InChI is InChI=1S/C27H24O3.C2H6/c28-16-6-4-10-23-18-24(11-5-7-17-29)20-26(19-23)25-12-14-27(15-13-25)30-21-22-8-2-1-3-9-22;1-2/h1-3,8-9,12-15,18-20,28-29H,6-7,16-17,21H2;1-2H3. The van der Waals surface area contributed by atoms with E-state index in [1.807, 2.05) is 86.6 Å². The van der Waals surface area contributed by atoms with Crippen LogP contribution < -0.4 is 4.74 Å². The zero-order valence-corrected chi connectivity index (χ0v) is 18.8. The predicted molar refractivity (Wildman–Crippen MR) is 131 cm³/mol. The molecule has 3 rings (SSSR count). The number of aliphatic hydroxyl groups is 2. The maximum absolute atomic E-state index is 8.96. The summed E-state index contributed by atoms with van der Waals surface area (Å²) >= 11 is 0. The Balaban J connectivity index is 0.00000176. The highest BCUT2D eigenvalue weighted by Crippen LogP contribution is 2.25. The van der Waals surface area contributed by atoms with Crippen molar-refractivity contribution >= 4 is 0 Å². The molecular weight excluding hydrogens is 396 g/mol. The van der Waals surface area contributed by atoms with E-state index in [0.29, 0.717) is 19.4 Å². The molecule has 0 aromatic heterocycles. The van der Waals surface area contributed by atoms with Crippen molar-refractivity contribution in [2.75, 3.05) is 13.2 Å². The molecule has 0 saturated heterocycles. The summed E-state index contributed by atoms with van der Waals surface area (Å²) in [6, 6.07) is 24.0. The highest BCUT2D eigenvalue weighted by molar-refractivity contribution is 5.68. The average molecular weight is 427 g/mol. The molecule has 0 atom stereocenters. The van der Waals surface area contributed by atoms with Crippen LogP contribution in [0.15, 0.2) is 72.8 Å². The van der Waals surface area contributed by atoms with E-state index in [4.69, 9.17) is 14.9 Å². The third-order valence-electron chi connectivity index (χ3n) is 4.31. The molecule has 3 aromatic carbocycles. The molecule has 3 aromatic rings. The highest BCUT2D eigenvalue weighted by Gasteiger charge is 2.03. The molecule has 164 valence electrons. The average Bonchev–Trinajstić information content (AvgIpc) is 2.85. The Bertz CT molecular complexity index is 1020. The second-order valence-corrected chi connectivity index (χ2v) is 6.65. The van der Waals surface area contributed by atoms with E-state index in [1.54, 1.807) is 0 Å². The van der Waals surface area contributed by atoms with Gasteiger partial charge in [0.15, 0.2) is 0 Å². The molecule has 0 radical (unpaired) electrons. The fourth-order valence-corrected chi connectivity index (χ4v) is 2.86. The van der Waals surface area contributed by atoms with Gasteiger partial charge in [0.2, 0.25) is 0 Å². The van der Waals surface area contributed by atoms with E-state index >= 15 is 0 Å². The second kappa shape index (κ2) is 14.5. The number of hydrogen-bond acceptors (Lipinski definition) is 3. The van der Waals surface area contributed by atoms with Crippen LogP contribution in [0.4, 0.5) is 0 Å². The number of rotatable bonds is 6. The topological polar surface area (TPSA) is 49.7 Å². The first-order valence-electron chi connectivity index (χ1n) is 10.9. The molecule has 0 aliphatic carbocycles. The third kappa shape index (κ3) is 8.32. The molecule has 0 spiro atoms. The van der Waals surface area contributed by atoms with E-state index in [-0.39, 0.29) is 13.2 Å².